The van der Waals surface area contributed by atoms with E-state index in [0.29, 0.717) is 23.7 Å². The van der Waals surface area contributed by atoms with Gasteiger partial charge in [0.1, 0.15) is 12.1 Å². The molecule has 0 spiro atoms. The van der Waals surface area contributed by atoms with Crippen molar-refractivity contribution in [2.45, 2.75) is 19.8 Å². The molecule has 3 aromatic rings. The zero-order valence-electron chi connectivity index (χ0n) is 14.9. The van der Waals surface area contributed by atoms with Crippen LogP contribution in [-0.4, -0.2) is 17.1 Å². The molecule has 0 saturated heterocycles. The highest BCUT2D eigenvalue weighted by Crippen LogP contribution is 2.36. The first-order valence-electron chi connectivity index (χ1n) is 8.27. The summed E-state index contributed by atoms with van der Waals surface area (Å²) in [5.41, 5.74) is 0.243. The molecule has 0 bridgehead atoms. The predicted molar refractivity (Wildman–Crippen MR) is 106 cm³/mol. The van der Waals surface area contributed by atoms with Crippen LogP contribution >= 0.6 is 23.2 Å². The topological polar surface area (TPSA) is 73.3 Å². The fourth-order valence-corrected chi connectivity index (χ4v) is 3.10. The Bertz CT molecular complexity index is 1040. The number of aryl methyl sites for hydroxylation is 1. The zero-order chi connectivity index (χ0) is 20.4. The van der Waals surface area contributed by atoms with Crippen LogP contribution < -0.4 is 10.5 Å². The summed E-state index contributed by atoms with van der Waals surface area (Å²) in [7, 11) is 1.13. The number of fused-ring (bicyclic) bond motifs is 1. The molecule has 0 radical (unpaired) electrons. The molecule has 6 nitrogen and oxygen atoms in total. The van der Waals surface area contributed by atoms with E-state index in [0.717, 1.165) is 7.11 Å². The summed E-state index contributed by atoms with van der Waals surface area (Å²) in [6, 6.07) is 4.07. The molecule has 0 aliphatic carbocycles. The van der Waals surface area contributed by atoms with E-state index in [-0.39, 0.29) is 38.0 Å². The summed E-state index contributed by atoms with van der Waals surface area (Å²) in [4.78, 5) is 12.8. The molecule has 1 heterocycles. The van der Waals surface area contributed by atoms with E-state index in [2.05, 4.69) is 20.1 Å². The Morgan fingerprint density at radius 1 is 1.21 bits per heavy atom. The van der Waals surface area contributed by atoms with Gasteiger partial charge < -0.3 is 15.8 Å². The minimum Gasteiger partial charge on any atom is -0.733 e. The third kappa shape index (κ3) is 3.68. The van der Waals surface area contributed by atoms with Gasteiger partial charge in [-0.25, -0.2) is 18.7 Å². The lowest BCUT2D eigenvalue weighted by Crippen LogP contribution is -2.15. The molecule has 0 unspecified atom stereocenters. The third-order valence-corrected chi connectivity index (χ3v) is 4.87. The molecular formula is C18H15Cl2F2N4O2-. The predicted octanol–water partition coefficient (Wildman–Crippen LogP) is 5.78. The molecule has 0 saturated carbocycles. The molecule has 0 aliphatic rings. The molecular weight excluding hydrogens is 413 g/mol. The van der Waals surface area contributed by atoms with E-state index in [1.807, 2.05) is 6.92 Å². The quantitative estimate of drug-likeness (QED) is 0.397. The fraction of sp³-hybridized carbons (Fsp3) is 0.222. The number of hydrogen-bond acceptors (Lipinski definition) is 6. The number of nitrogens with one attached hydrogen (secondary N) is 1. The maximum atomic E-state index is 14.9. The normalized spacial score (nSPS) is 11.1. The van der Waals surface area contributed by atoms with Gasteiger partial charge in [-0.3, -0.25) is 4.84 Å². The number of anilines is 3. The van der Waals surface area contributed by atoms with Crippen molar-refractivity contribution < 1.29 is 13.6 Å². The summed E-state index contributed by atoms with van der Waals surface area (Å²) in [6.07, 6.45) is 2.18. The van der Waals surface area contributed by atoms with Gasteiger partial charge in [0.2, 0.25) is 0 Å². The Balaban J connectivity index is 2.21. The molecule has 3 rings (SSSR count). The van der Waals surface area contributed by atoms with Gasteiger partial charge in [-0.1, -0.05) is 36.5 Å². The molecule has 0 fully saturated rings. The number of benzene rings is 2. The van der Waals surface area contributed by atoms with Gasteiger partial charge in [-0.15, -0.1) is 0 Å². The first-order valence-corrected chi connectivity index (χ1v) is 9.02. The Labute approximate surface area is 169 Å². The number of hydrogen-bond donors (Lipinski definition) is 1. The van der Waals surface area contributed by atoms with Crippen molar-refractivity contribution in [3.63, 3.8) is 0 Å². The van der Waals surface area contributed by atoms with Crippen molar-refractivity contribution in [2.75, 3.05) is 17.7 Å². The van der Waals surface area contributed by atoms with Crippen LogP contribution in [0.1, 0.15) is 18.9 Å². The lowest BCUT2D eigenvalue weighted by atomic mass is 10.0. The van der Waals surface area contributed by atoms with E-state index in [9.17, 15) is 14.0 Å². The second-order valence-corrected chi connectivity index (χ2v) is 6.63. The van der Waals surface area contributed by atoms with Gasteiger partial charge in [0.15, 0.2) is 11.6 Å². The molecule has 1 aromatic heterocycles. The highest BCUT2D eigenvalue weighted by atomic mass is 35.5. The molecule has 148 valence electrons. The molecule has 28 heavy (non-hydrogen) atoms. The standard InChI is InChI=1S/C18H15Cl2F2N4O2/c1-3-4-9-15(21)13(26(27)28-2)7-10-17(9)23-8-24-18(10)25-12-6-5-11(19)14(20)16(12)22/h5-8H,3-4H2,1-2H3,(H,23,24,25)/q-1. The van der Waals surface area contributed by atoms with Crippen LogP contribution in [0.3, 0.4) is 0 Å². The van der Waals surface area contributed by atoms with Crippen molar-refractivity contribution in [1.82, 2.24) is 9.97 Å². The van der Waals surface area contributed by atoms with Crippen molar-refractivity contribution in [3.05, 3.63) is 57.0 Å². The SMILES string of the molecule is CCCc1c(F)c(N([O-])OC)cc2c(Nc3ccc(Cl)c(Cl)c3F)ncnc12. The maximum Gasteiger partial charge on any atom is 0.166 e. The Kier molecular flexibility index (Phi) is 6.14. The van der Waals surface area contributed by atoms with Crippen molar-refractivity contribution in [2.24, 2.45) is 0 Å². The summed E-state index contributed by atoms with van der Waals surface area (Å²) < 4.78 is 29.3. The van der Waals surface area contributed by atoms with Crippen LogP contribution in [0.15, 0.2) is 24.5 Å². The molecule has 1 N–H and O–H groups in total. The number of aromatic nitrogens is 2. The van der Waals surface area contributed by atoms with E-state index in [1.54, 1.807) is 0 Å². The van der Waals surface area contributed by atoms with Gasteiger partial charge in [-0.2, -0.15) is 0 Å². The average Bonchev–Trinajstić information content (AvgIpc) is 2.70. The smallest absolute Gasteiger partial charge is 0.166 e. The molecule has 0 atom stereocenters. The Hall–Kier alpha value is -2.26. The summed E-state index contributed by atoms with van der Waals surface area (Å²) in [5.74, 6) is -1.32. The highest BCUT2D eigenvalue weighted by Gasteiger charge is 2.19. The molecule has 0 aliphatic heterocycles. The zero-order valence-corrected chi connectivity index (χ0v) is 16.4. The van der Waals surface area contributed by atoms with E-state index < -0.39 is 11.6 Å². The summed E-state index contributed by atoms with van der Waals surface area (Å²) >= 11 is 11.7. The third-order valence-electron chi connectivity index (χ3n) is 4.09. The second-order valence-electron chi connectivity index (χ2n) is 5.84. The van der Waals surface area contributed by atoms with Crippen molar-refractivity contribution in [3.8, 4) is 0 Å². The monoisotopic (exact) mass is 427 g/mol. The Morgan fingerprint density at radius 2 is 1.96 bits per heavy atom. The first-order chi connectivity index (χ1) is 13.4. The maximum absolute atomic E-state index is 14.9. The minimum atomic E-state index is -0.764. The van der Waals surface area contributed by atoms with Gasteiger partial charge in [0.25, 0.3) is 0 Å². The van der Waals surface area contributed by atoms with E-state index >= 15 is 0 Å². The fourth-order valence-electron chi connectivity index (χ4n) is 2.79. The van der Waals surface area contributed by atoms with Crippen molar-refractivity contribution in [1.29, 1.82) is 0 Å². The minimum absolute atomic E-state index is 0.0167. The molecule has 0 amide bonds. The Morgan fingerprint density at radius 3 is 2.64 bits per heavy atom. The number of nitrogens with zero attached hydrogens (tertiary/aromatic N) is 3. The van der Waals surface area contributed by atoms with Gasteiger partial charge in [0, 0.05) is 10.9 Å². The first kappa shape index (κ1) is 20.5. The molecule has 2 aromatic carbocycles. The summed E-state index contributed by atoms with van der Waals surface area (Å²) in [6.45, 7) is 1.87. The van der Waals surface area contributed by atoms with Crippen LogP contribution in [0.25, 0.3) is 10.9 Å². The summed E-state index contributed by atoms with van der Waals surface area (Å²) in [5, 5.41) is 15.0. The van der Waals surface area contributed by atoms with Gasteiger partial charge in [-0.05, 0) is 24.6 Å². The van der Waals surface area contributed by atoms with Gasteiger partial charge >= 0.3 is 0 Å². The second kappa shape index (κ2) is 8.40. The largest absolute Gasteiger partial charge is 0.733 e. The van der Waals surface area contributed by atoms with Crippen LogP contribution in [0.4, 0.5) is 26.0 Å². The number of rotatable bonds is 6. The van der Waals surface area contributed by atoms with Crippen LogP contribution in [0.5, 0.6) is 0 Å². The van der Waals surface area contributed by atoms with Crippen LogP contribution in [0, 0.1) is 16.8 Å². The van der Waals surface area contributed by atoms with Crippen molar-refractivity contribution >= 4 is 51.3 Å². The number of halogens is 4. The van der Waals surface area contributed by atoms with E-state index in [1.165, 1.54) is 24.5 Å². The average molecular weight is 428 g/mol. The van der Waals surface area contributed by atoms with E-state index in [4.69, 9.17) is 23.2 Å². The lowest BCUT2D eigenvalue weighted by Gasteiger charge is -2.28. The van der Waals surface area contributed by atoms with Crippen LogP contribution in [0.2, 0.25) is 10.0 Å². The highest BCUT2D eigenvalue weighted by molar-refractivity contribution is 6.42. The molecule has 10 heteroatoms. The van der Waals surface area contributed by atoms with Gasteiger partial charge in [0.05, 0.1) is 34.0 Å². The van der Waals surface area contributed by atoms with Crippen LogP contribution in [-0.2, 0) is 11.3 Å². The lowest BCUT2D eigenvalue weighted by molar-refractivity contribution is 0.195.